The van der Waals surface area contributed by atoms with Crippen LogP contribution < -0.4 is 5.32 Å². The molecule has 18 heavy (non-hydrogen) atoms. The van der Waals surface area contributed by atoms with Crippen LogP contribution in [0, 0.1) is 0 Å². The van der Waals surface area contributed by atoms with Crippen LogP contribution in [0.1, 0.15) is 5.56 Å². The van der Waals surface area contributed by atoms with Gasteiger partial charge in [0.2, 0.25) is 0 Å². The van der Waals surface area contributed by atoms with Gasteiger partial charge in [-0.2, -0.15) is 0 Å². The van der Waals surface area contributed by atoms with E-state index >= 15 is 0 Å². The van der Waals surface area contributed by atoms with Crippen molar-refractivity contribution in [1.29, 1.82) is 0 Å². The third kappa shape index (κ3) is 2.78. The zero-order chi connectivity index (χ0) is 13.0. The molecule has 4 nitrogen and oxygen atoms in total. The monoisotopic (exact) mass is 247 g/mol. The summed E-state index contributed by atoms with van der Waals surface area (Å²) in [6.45, 7) is 4.75. The van der Waals surface area contributed by atoms with Crippen LogP contribution in [0.25, 0.3) is 0 Å². The van der Waals surface area contributed by atoms with Crippen molar-refractivity contribution in [2.24, 2.45) is 0 Å². The van der Waals surface area contributed by atoms with E-state index in [0.717, 1.165) is 11.1 Å². The molecule has 0 aromatic heterocycles. The van der Waals surface area contributed by atoms with Gasteiger partial charge >= 0.3 is 5.97 Å². The molecule has 1 saturated heterocycles. The number of benzene rings is 1. The minimum Gasteiger partial charge on any atom is -0.459 e. The number of hydrogen-bond acceptors (Lipinski definition) is 4. The second-order valence-electron chi connectivity index (χ2n) is 4.23. The number of esters is 1. The van der Waals surface area contributed by atoms with E-state index in [1.807, 2.05) is 30.3 Å². The van der Waals surface area contributed by atoms with E-state index in [9.17, 15) is 4.79 Å². The fourth-order valence-corrected chi connectivity index (χ4v) is 1.95. The fraction of sp³-hybridized carbons (Fsp3) is 0.357. The van der Waals surface area contributed by atoms with Gasteiger partial charge in [0.1, 0.15) is 12.6 Å². The van der Waals surface area contributed by atoms with Crippen LogP contribution in [-0.2, 0) is 20.9 Å². The van der Waals surface area contributed by atoms with Crippen molar-refractivity contribution < 1.29 is 14.3 Å². The highest BCUT2D eigenvalue weighted by Gasteiger charge is 2.34. The van der Waals surface area contributed by atoms with E-state index in [0.29, 0.717) is 6.54 Å². The Morgan fingerprint density at radius 1 is 1.44 bits per heavy atom. The molecular formula is C14H17NO3. The third-order valence-electron chi connectivity index (χ3n) is 3.04. The van der Waals surface area contributed by atoms with Gasteiger partial charge < -0.3 is 9.47 Å². The van der Waals surface area contributed by atoms with Crippen LogP contribution >= 0.6 is 0 Å². The summed E-state index contributed by atoms with van der Waals surface area (Å²) in [7, 11) is 1.61. The predicted molar refractivity (Wildman–Crippen MR) is 68.0 cm³/mol. The number of carbonyl (C=O) groups excluding carboxylic acids is 1. The number of hydrogen-bond donors (Lipinski definition) is 1. The smallest absolute Gasteiger partial charge is 0.327 e. The summed E-state index contributed by atoms with van der Waals surface area (Å²) in [6.07, 6.45) is -0.112. The van der Waals surface area contributed by atoms with E-state index in [-0.39, 0.29) is 18.7 Å². The van der Waals surface area contributed by atoms with Crippen molar-refractivity contribution in [2.75, 3.05) is 13.7 Å². The number of carbonyl (C=O) groups is 1. The number of rotatable bonds is 4. The van der Waals surface area contributed by atoms with Gasteiger partial charge in [0.25, 0.3) is 0 Å². The summed E-state index contributed by atoms with van der Waals surface area (Å²) in [4.78, 5) is 11.9. The Labute approximate surface area is 107 Å². The second-order valence-corrected chi connectivity index (χ2v) is 4.23. The van der Waals surface area contributed by atoms with E-state index in [1.54, 1.807) is 7.11 Å². The van der Waals surface area contributed by atoms with Gasteiger partial charge in [0.05, 0.1) is 6.10 Å². The van der Waals surface area contributed by atoms with E-state index in [2.05, 4.69) is 11.9 Å². The van der Waals surface area contributed by atoms with Gasteiger partial charge in [0.15, 0.2) is 0 Å². The minimum absolute atomic E-state index is 0.112. The Kier molecular flexibility index (Phi) is 4.12. The molecule has 0 spiro atoms. The zero-order valence-corrected chi connectivity index (χ0v) is 10.4. The highest BCUT2D eigenvalue weighted by Crippen LogP contribution is 2.17. The molecule has 0 aliphatic carbocycles. The van der Waals surface area contributed by atoms with Gasteiger partial charge in [-0.25, -0.2) is 4.79 Å². The molecule has 0 amide bonds. The lowest BCUT2D eigenvalue weighted by molar-refractivity contribution is -0.146. The van der Waals surface area contributed by atoms with Crippen LogP contribution in [-0.4, -0.2) is 31.8 Å². The average molecular weight is 247 g/mol. The van der Waals surface area contributed by atoms with Crippen molar-refractivity contribution in [3.63, 3.8) is 0 Å². The lowest BCUT2D eigenvalue weighted by Gasteiger charge is -2.13. The first kappa shape index (κ1) is 12.8. The van der Waals surface area contributed by atoms with Crippen LogP contribution in [0.5, 0.6) is 0 Å². The molecule has 1 aliphatic rings. The molecule has 1 aromatic carbocycles. The minimum atomic E-state index is -0.460. The van der Waals surface area contributed by atoms with Gasteiger partial charge in [-0.1, -0.05) is 36.9 Å². The lowest BCUT2D eigenvalue weighted by Crippen LogP contribution is -2.33. The summed E-state index contributed by atoms with van der Waals surface area (Å²) in [6, 6.07) is 9.13. The van der Waals surface area contributed by atoms with Gasteiger partial charge in [-0.3, -0.25) is 5.32 Å². The maximum absolute atomic E-state index is 11.9. The quantitative estimate of drug-likeness (QED) is 0.643. The highest BCUT2D eigenvalue weighted by atomic mass is 16.5. The van der Waals surface area contributed by atoms with Crippen molar-refractivity contribution in [2.45, 2.75) is 18.8 Å². The standard InChI is InChI=1S/C14H17NO3/c1-10-12(17-2)8-15-13(10)14(16)18-9-11-6-4-3-5-7-11/h3-7,12-13,15H,1,8-9H2,2H3/t12-,13+/m1/s1. The lowest BCUT2D eigenvalue weighted by atomic mass is 10.1. The highest BCUT2D eigenvalue weighted by molar-refractivity contribution is 5.80. The molecule has 2 atom stereocenters. The van der Waals surface area contributed by atoms with E-state index < -0.39 is 6.04 Å². The van der Waals surface area contributed by atoms with Gasteiger partial charge in [-0.15, -0.1) is 0 Å². The molecule has 1 heterocycles. The first-order valence-electron chi connectivity index (χ1n) is 5.88. The van der Waals surface area contributed by atoms with Crippen molar-refractivity contribution in [1.82, 2.24) is 5.32 Å². The summed E-state index contributed by atoms with van der Waals surface area (Å²) in [5, 5.41) is 3.04. The van der Waals surface area contributed by atoms with E-state index in [4.69, 9.17) is 9.47 Å². The Bertz CT molecular complexity index is 430. The molecule has 96 valence electrons. The average Bonchev–Trinajstić information content (AvgIpc) is 2.78. The van der Waals surface area contributed by atoms with Crippen LogP contribution in [0.4, 0.5) is 0 Å². The largest absolute Gasteiger partial charge is 0.459 e. The molecule has 1 aromatic rings. The SMILES string of the molecule is C=C1[C@@H](C(=O)OCc2ccccc2)NC[C@H]1OC. The van der Waals surface area contributed by atoms with Crippen LogP contribution in [0.2, 0.25) is 0 Å². The first-order chi connectivity index (χ1) is 8.72. The Balaban J connectivity index is 1.88. The van der Waals surface area contributed by atoms with Gasteiger partial charge in [0, 0.05) is 13.7 Å². The predicted octanol–water partition coefficient (Wildman–Crippen LogP) is 1.27. The molecule has 0 radical (unpaired) electrons. The molecule has 0 unspecified atom stereocenters. The third-order valence-corrected chi connectivity index (χ3v) is 3.04. The van der Waals surface area contributed by atoms with Crippen molar-refractivity contribution >= 4 is 5.97 Å². The van der Waals surface area contributed by atoms with Crippen molar-refractivity contribution in [3.8, 4) is 0 Å². The molecule has 0 saturated carbocycles. The maximum atomic E-state index is 11.9. The molecule has 1 aliphatic heterocycles. The van der Waals surface area contributed by atoms with Gasteiger partial charge in [-0.05, 0) is 11.1 Å². The molecule has 2 rings (SSSR count). The Morgan fingerprint density at radius 2 is 2.17 bits per heavy atom. The number of ether oxygens (including phenoxy) is 2. The first-order valence-corrected chi connectivity index (χ1v) is 5.88. The number of methoxy groups -OCH3 is 1. The van der Waals surface area contributed by atoms with E-state index in [1.165, 1.54) is 0 Å². The molecule has 4 heteroatoms. The molecular weight excluding hydrogens is 230 g/mol. The normalized spacial score (nSPS) is 23.1. The van der Waals surface area contributed by atoms with Crippen molar-refractivity contribution in [3.05, 3.63) is 48.0 Å². The zero-order valence-electron chi connectivity index (χ0n) is 10.4. The maximum Gasteiger partial charge on any atom is 0.327 e. The Morgan fingerprint density at radius 3 is 2.78 bits per heavy atom. The fourth-order valence-electron chi connectivity index (χ4n) is 1.95. The summed E-state index contributed by atoms with van der Waals surface area (Å²) >= 11 is 0. The van der Waals surface area contributed by atoms with Crippen LogP contribution in [0.3, 0.4) is 0 Å². The number of nitrogens with one attached hydrogen (secondary N) is 1. The second kappa shape index (κ2) is 5.80. The molecule has 1 fully saturated rings. The Hall–Kier alpha value is -1.65. The summed E-state index contributed by atoms with van der Waals surface area (Å²) < 4.78 is 10.5. The van der Waals surface area contributed by atoms with Crippen LogP contribution in [0.15, 0.2) is 42.5 Å². The summed E-state index contributed by atoms with van der Waals surface area (Å²) in [5.74, 6) is -0.302. The molecule has 1 N–H and O–H groups in total. The molecule has 0 bridgehead atoms. The topological polar surface area (TPSA) is 47.6 Å². The summed E-state index contributed by atoms with van der Waals surface area (Å²) in [5.41, 5.74) is 1.70.